The molecule has 2 rings (SSSR count). The molecule has 3 atom stereocenters. The minimum atomic E-state index is 0.573. The fourth-order valence-electron chi connectivity index (χ4n) is 1.75. The summed E-state index contributed by atoms with van der Waals surface area (Å²) in [7, 11) is 2.02. The summed E-state index contributed by atoms with van der Waals surface area (Å²) in [6.07, 6.45) is 5.13. The highest BCUT2D eigenvalue weighted by Crippen LogP contribution is 2.36. The smallest absolute Gasteiger partial charge is 0.0994 e. The molecule has 9 heavy (non-hydrogen) atoms. The fraction of sp³-hybridized carbons (Fsp3) is 1.00. The first-order valence-electron chi connectivity index (χ1n) is 3.74. The Morgan fingerprint density at radius 1 is 1.44 bits per heavy atom. The van der Waals surface area contributed by atoms with Crippen molar-refractivity contribution >= 4 is 0 Å². The lowest BCUT2D eigenvalue weighted by molar-refractivity contribution is 0.343. The summed E-state index contributed by atoms with van der Waals surface area (Å²) in [5.41, 5.74) is 0. The van der Waals surface area contributed by atoms with E-state index < -0.39 is 0 Å². The van der Waals surface area contributed by atoms with Gasteiger partial charge < -0.3 is 10.1 Å². The molecular formula is C7H13NO. The number of ether oxygens (including phenoxy) is 1. The first-order valence-corrected chi connectivity index (χ1v) is 3.74. The summed E-state index contributed by atoms with van der Waals surface area (Å²) in [6, 6.07) is 0.656. The van der Waals surface area contributed by atoms with Gasteiger partial charge in [0, 0.05) is 6.04 Å². The molecule has 0 radical (unpaired) electrons. The highest BCUT2D eigenvalue weighted by atomic mass is 16.6. The van der Waals surface area contributed by atoms with Gasteiger partial charge in [0.2, 0.25) is 0 Å². The summed E-state index contributed by atoms with van der Waals surface area (Å²) in [4.78, 5) is 0. The van der Waals surface area contributed by atoms with E-state index in [1.807, 2.05) is 7.05 Å². The van der Waals surface area contributed by atoms with Crippen LogP contribution in [0.1, 0.15) is 19.3 Å². The van der Waals surface area contributed by atoms with Gasteiger partial charge in [-0.15, -0.1) is 0 Å². The molecule has 2 nitrogen and oxygen atoms in total. The second-order valence-electron chi connectivity index (χ2n) is 2.97. The fourth-order valence-corrected chi connectivity index (χ4v) is 1.75. The molecule has 1 saturated heterocycles. The van der Waals surface area contributed by atoms with Crippen LogP contribution in [0.2, 0.25) is 0 Å². The number of epoxide rings is 1. The summed E-state index contributed by atoms with van der Waals surface area (Å²) in [5, 5.41) is 3.27. The Morgan fingerprint density at radius 3 is 3.00 bits per heavy atom. The van der Waals surface area contributed by atoms with E-state index >= 15 is 0 Å². The Labute approximate surface area is 55.6 Å². The Morgan fingerprint density at radius 2 is 2.33 bits per heavy atom. The van der Waals surface area contributed by atoms with Crippen molar-refractivity contribution in [2.24, 2.45) is 0 Å². The van der Waals surface area contributed by atoms with Crippen LogP contribution in [0.5, 0.6) is 0 Å². The zero-order valence-corrected chi connectivity index (χ0v) is 5.76. The van der Waals surface area contributed by atoms with Crippen LogP contribution in [0.25, 0.3) is 0 Å². The highest BCUT2D eigenvalue weighted by Gasteiger charge is 2.46. The van der Waals surface area contributed by atoms with Crippen molar-refractivity contribution in [1.29, 1.82) is 0 Å². The number of hydrogen-bond acceptors (Lipinski definition) is 2. The molecule has 0 bridgehead atoms. The molecule has 1 aliphatic heterocycles. The van der Waals surface area contributed by atoms with Crippen LogP contribution in [0.15, 0.2) is 0 Å². The molecule has 0 unspecified atom stereocenters. The molecule has 1 aliphatic carbocycles. The molecule has 0 spiro atoms. The average Bonchev–Trinajstić information content (AvgIpc) is 2.64. The van der Waals surface area contributed by atoms with Gasteiger partial charge in [-0.3, -0.25) is 0 Å². The predicted octanol–water partition coefficient (Wildman–Crippen LogP) is 0.526. The lowest BCUT2D eigenvalue weighted by Crippen LogP contribution is -2.34. The molecule has 2 aliphatic rings. The molecule has 1 heterocycles. The minimum absolute atomic E-state index is 0.573. The molecule has 0 amide bonds. The number of nitrogens with one attached hydrogen (secondary N) is 1. The molecule has 2 heteroatoms. The van der Waals surface area contributed by atoms with Crippen molar-refractivity contribution in [3.63, 3.8) is 0 Å². The van der Waals surface area contributed by atoms with Crippen molar-refractivity contribution in [2.45, 2.75) is 37.5 Å². The first-order chi connectivity index (χ1) is 4.42. The molecule has 0 aromatic heterocycles. The Hall–Kier alpha value is -0.0800. The number of rotatable bonds is 1. The number of hydrogen-bond donors (Lipinski definition) is 1. The largest absolute Gasteiger partial charge is 0.368 e. The average molecular weight is 127 g/mol. The van der Waals surface area contributed by atoms with Gasteiger partial charge in [0.1, 0.15) is 0 Å². The van der Waals surface area contributed by atoms with E-state index in [0.717, 1.165) is 0 Å². The van der Waals surface area contributed by atoms with Crippen molar-refractivity contribution < 1.29 is 4.74 Å². The predicted molar refractivity (Wildman–Crippen MR) is 35.4 cm³/mol. The zero-order chi connectivity index (χ0) is 6.27. The highest BCUT2D eigenvalue weighted by molar-refractivity contribution is 4.97. The Kier molecular flexibility index (Phi) is 1.24. The molecular weight excluding hydrogens is 114 g/mol. The van der Waals surface area contributed by atoms with Crippen LogP contribution in [-0.2, 0) is 4.74 Å². The van der Waals surface area contributed by atoms with Crippen LogP contribution in [0.4, 0.5) is 0 Å². The molecule has 52 valence electrons. The quantitative estimate of drug-likeness (QED) is 0.519. The SMILES string of the molecule is CN[C@H]1CCC[C@H]2O[C@@H]12. The van der Waals surface area contributed by atoms with Gasteiger partial charge in [-0.2, -0.15) is 0 Å². The van der Waals surface area contributed by atoms with Gasteiger partial charge in [0.05, 0.1) is 12.2 Å². The van der Waals surface area contributed by atoms with Gasteiger partial charge in [0.15, 0.2) is 0 Å². The second-order valence-corrected chi connectivity index (χ2v) is 2.97. The van der Waals surface area contributed by atoms with Crippen molar-refractivity contribution in [3.05, 3.63) is 0 Å². The summed E-state index contributed by atoms with van der Waals surface area (Å²) < 4.78 is 5.42. The summed E-state index contributed by atoms with van der Waals surface area (Å²) >= 11 is 0. The maximum atomic E-state index is 5.42. The Bertz CT molecular complexity index is 115. The van der Waals surface area contributed by atoms with E-state index in [1.165, 1.54) is 19.3 Å². The molecule has 2 fully saturated rings. The van der Waals surface area contributed by atoms with E-state index in [4.69, 9.17) is 4.74 Å². The summed E-state index contributed by atoms with van der Waals surface area (Å²) in [5.74, 6) is 0. The number of fused-ring (bicyclic) bond motifs is 1. The molecule has 1 saturated carbocycles. The molecule has 0 aromatic rings. The Balaban J connectivity index is 1.93. The topological polar surface area (TPSA) is 24.6 Å². The van der Waals surface area contributed by atoms with Crippen LogP contribution in [0, 0.1) is 0 Å². The van der Waals surface area contributed by atoms with Crippen molar-refractivity contribution in [1.82, 2.24) is 5.32 Å². The van der Waals surface area contributed by atoms with Gasteiger partial charge in [-0.1, -0.05) is 0 Å². The van der Waals surface area contributed by atoms with Crippen molar-refractivity contribution in [3.8, 4) is 0 Å². The lowest BCUT2D eigenvalue weighted by Gasteiger charge is -2.16. The third-order valence-electron chi connectivity index (χ3n) is 2.39. The third kappa shape index (κ3) is 0.864. The monoisotopic (exact) mass is 127 g/mol. The van der Waals surface area contributed by atoms with E-state index in [1.54, 1.807) is 0 Å². The first kappa shape index (κ1) is 5.69. The van der Waals surface area contributed by atoms with E-state index in [-0.39, 0.29) is 0 Å². The molecule has 0 aromatic carbocycles. The van der Waals surface area contributed by atoms with Gasteiger partial charge in [-0.25, -0.2) is 0 Å². The standard InChI is InChI=1S/C7H13NO/c1-8-5-3-2-4-6-7(5)9-6/h5-8H,2-4H2,1H3/t5-,6+,7-/m0/s1. The van der Waals surface area contributed by atoms with Crippen LogP contribution < -0.4 is 5.32 Å². The van der Waals surface area contributed by atoms with Crippen LogP contribution in [0.3, 0.4) is 0 Å². The van der Waals surface area contributed by atoms with E-state index in [2.05, 4.69) is 5.32 Å². The minimum Gasteiger partial charge on any atom is -0.368 e. The molecule has 1 N–H and O–H groups in total. The van der Waals surface area contributed by atoms with Crippen molar-refractivity contribution in [2.75, 3.05) is 7.05 Å². The maximum absolute atomic E-state index is 5.42. The van der Waals surface area contributed by atoms with Gasteiger partial charge >= 0.3 is 0 Å². The van der Waals surface area contributed by atoms with E-state index in [0.29, 0.717) is 18.2 Å². The second kappa shape index (κ2) is 1.96. The van der Waals surface area contributed by atoms with Crippen LogP contribution in [-0.4, -0.2) is 25.3 Å². The lowest BCUT2D eigenvalue weighted by atomic mass is 9.96. The van der Waals surface area contributed by atoms with E-state index in [9.17, 15) is 0 Å². The van der Waals surface area contributed by atoms with Crippen LogP contribution >= 0.6 is 0 Å². The van der Waals surface area contributed by atoms with Gasteiger partial charge in [0.25, 0.3) is 0 Å². The van der Waals surface area contributed by atoms with Gasteiger partial charge in [-0.05, 0) is 26.3 Å². The zero-order valence-electron chi connectivity index (χ0n) is 5.76. The summed E-state index contributed by atoms with van der Waals surface area (Å²) in [6.45, 7) is 0. The third-order valence-corrected chi connectivity index (χ3v) is 2.39. The number of likely N-dealkylation sites (N-methyl/N-ethyl adjacent to an activating group) is 1. The maximum Gasteiger partial charge on any atom is 0.0994 e. The normalized spacial score (nSPS) is 48.3.